The minimum atomic E-state index is -1.63. The summed E-state index contributed by atoms with van der Waals surface area (Å²) in [6.07, 6.45) is 3.60. The second-order valence-corrected chi connectivity index (χ2v) is 8.45. The molecule has 1 aromatic heterocycles. The number of hydrogen-bond acceptors (Lipinski definition) is 7. The third-order valence-corrected chi connectivity index (χ3v) is 6.06. The molecular formula is C26H36N4O4S. The van der Waals surface area contributed by atoms with Gasteiger partial charge in [0.2, 0.25) is 5.60 Å². The van der Waals surface area contributed by atoms with Crippen molar-refractivity contribution in [3.63, 3.8) is 0 Å². The average Bonchev–Trinajstić information content (AvgIpc) is 3.58. The molecule has 2 fully saturated rings. The highest BCUT2D eigenvalue weighted by Crippen LogP contribution is 2.32. The largest absolute Gasteiger partial charge is 0.378 e. The number of hydrogen-bond donors (Lipinski definition) is 3. The van der Waals surface area contributed by atoms with Crippen molar-refractivity contribution in [3.8, 4) is 22.4 Å². The Morgan fingerprint density at radius 3 is 2.40 bits per heavy atom. The smallest absolute Gasteiger partial charge is 0.270 e. The van der Waals surface area contributed by atoms with Crippen LogP contribution in [0.2, 0.25) is 0 Å². The highest BCUT2D eigenvalue weighted by molar-refractivity contribution is 7.19. The summed E-state index contributed by atoms with van der Waals surface area (Å²) in [5.74, 6) is 5.03. The van der Waals surface area contributed by atoms with Crippen LogP contribution in [0.1, 0.15) is 63.0 Å². The van der Waals surface area contributed by atoms with E-state index in [1.165, 1.54) is 16.2 Å². The molecule has 1 atom stereocenters. The van der Waals surface area contributed by atoms with E-state index in [9.17, 15) is 19.5 Å². The topological polar surface area (TPSA) is 126 Å². The number of anilines is 1. The van der Waals surface area contributed by atoms with E-state index in [4.69, 9.17) is 5.73 Å². The number of benzene rings is 1. The second-order valence-electron chi connectivity index (χ2n) is 7.45. The Morgan fingerprint density at radius 2 is 1.97 bits per heavy atom. The first-order valence-corrected chi connectivity index (χ1v) is 12.6. The molecule has 2 aliphatic rings. The molecule has 190 valence electrons. The van der Waals surface area contributed by atoms with Crippen LogP contribution in [0.15, 0.2) is 24.3 Å². The zero-order valence-electron chi connectivity index (χ0n) is 21.3. The van der Waals surface area contributed by atoms with E-state index in [-0.39, 0.29) is 18.0 Å². The van der Waals surface area contributed by atoms with Crippen molar-refractivity contribution in [2.24, 2.45) is 11.7 Å². The number of aromatic nitrogens is 1. The molecule has 35 heavy (non-hydrogen) atoms. The SMILES string of the molecule is CC.CC.CNc1sc(-c2cccc(C#CC3(O)CCN(C)C3=O)c2)nc1C(N)=O.O=CC1CC1. The molecule has 4 rings (SSSR count). The summed E-state index contributed by atoms with van der Waals surface area (Å²) in [5, 5.41) is 14.5. The number of rotatable bonds is 4. The number of nitrogens with zero attached hydrogens (tertiary/aromatic N) is 2. The Bertz CT molecular complexity index is 1070. The molecule has 1 aromatic carbocycles. The number of likely N-dealkylation sites (N-methyl/N-ethyl adjacent to an activating group) is 1. The first-order valence-electron chi connectivity index (χ1n) is 11.8. The van der Waals surface area contributed by atoms with Crippen molar-refractivity contribution in [3.05, 3.63) is 35.5 Å². The van der Waals surface area contributed by atoms with Gasteiger partial charge in [-0.05, 0) is 25.0 Å². The number of nitrogens with two attached hydrogens (primary N) is 1. The summed E-state index contributed by atoms with van der Waals surface area (Å²) in [6.45, 7) is 8.48. The van der Waals surface area contributed by atoms with E-state index >= 15 is 0 Å². The molecule has 1 unspecified atom stereocenters. The zero-order chi connectivity index (χ0) is 26.6. The average molecular weight is 501 g/mol. The van der Waals surface area contributed by atoms with E-state index < -0.39 is 11.5 Å². The van der Waals surface area contributed by atoms with Gasteiger partial charge in [0.05, 0.1) is 0 Å². The first kappa shape index (κ1) is 29.8. The van der Waals surface area contributed by atoms with Gasteiger partial charge in [-0.2, -0.15) is 0 Å². The normalized spacial score (nSPS) is 17.8. The van der Waals surface area contributed by atoms with Crippen LogP contribution in [0.4, 0.5) is 5.00 Å². The van der Waals surface area contributed by atoms with Crippen LogP contribution in [0.3, 0.4) is 0 Å². The monoisotopic (exact) mass is 500 g/mol. The number of carbonyl (C=O) groups is 3. The number of thiazole rings is 1. The van der Waals surface area contributed by atoms with Crippen LogP contribution >= 0.6 is 11.3 Å². The number of amides is 2. The minimum absolute atomic E-state index is 0.192. The molecule has 0 bridgehead atoms. The maximum atomic E-state index is 12.0. The van der Waals surface area contributed by atoms with Gasteiger partial charge in [-0.25, -0.2) is 4.98 Å². The van der Waals surface area contributed by atoms with Gasteiger partial charge in [0.25, 0.3) is 11.8 Å². The molecule has 0 spiro atoms. The highest BCUT2D eigenvalue weighted by Gasteiger charge is 2.42. The number of primary amides is 1. The van der Waals surface area contributed by atoms with Gasteiger partial charge in [-0.1, -0.05) is 63.0 Å². The molecule has 4 N–H and O–H groups in total. The molecule has 1 aliphatic carbocycles. The van der Waals surface area contributed by atoms with Crippen LogP contribution in [0.5, 0.6) is 0 Å². The van der Waals surface area contributed by atoms with E-state index in [0.717, 1.165) is 24.7 Å². The lowest BCUT2D eigenvalue weighted by Gasteiger charge is -2.13. The van der Waals surface area contributed by atoms with E-state index in [1.807, 2.05) is 33.8 Å². The molecule has 8 nitrogen and oxygen atoms in total. The summed E-state index contributed by atoms with van der Waals surface area (Å²) >= 11 is 1.31. The molecule has 9 heteroatoms. The van der Waals surface area contributed by atoms with Crippen molar-refractivity contribution in [2.75, 3.05) is 26.0 Å². The fourth-order valence-electron chi connectivity index (χ4n) is 2.89. The third-order valence-electron chi connectivity index (χ3n) is 4.93. The van der Waals surface area contributed by atoms with E-state index in [0.29, 0.717) is 28.0 Å². The van der Waals surface area contributed by atoms with Crippen LogP contribution in [0.25, 0.3) is 10.6 Å². The number of carbonyl (C=O) groups excluding carboxylic acids is 3. The first-order chi connectivity index (χ1) is 16.8. The Hall–Kier alpha value is -3.22. The van der Waals surface area contributed by atoms with Crippen LogP contribution in [-0.4, -0.2) is 59.3 Å². The fraction of sp³-hybridized carbons (Fsp3) is 0.462. The molecular weight excluding hydrogens is 464 g/mol. The molecule has 1 aliphatic heterocycles. The number of aliphatic hydroxyl groups is 1. The van der Waals surface area contributed by atoms with Gasteiger partial charge < -0.3 is 25.9 Å². The van der Waals surface area contributed by atoms with Crippen molar-refractivity contribution >= 4 is 34.4 Å². The highest BCUT2D eigenvalue weighted by atomic mass is 32.1. The maximum Gasteiger partial charge on any atom is 0.270 e. The lowest BCUT2D eigenvalue weighted by Crippen LogP contribution is -2.37. The third kappa shape index (κ3) is 8.19. The van der Waals surface area contributed by atoms with Crippen LogP contribution in [0, 0.1) is 17.8 Å². The van der Waals surface area contributed by atoms with Gasteiger partial charge >= 0.3 is 0 Å². The Kier molecular flexibility index (Phi) is 12.1. The summed E-state index contributed by atoms with van der Waals surface area (Å²) in [4.78, 5) is 38.8. The number of likely N-dealkylation sites (tertiary alicyclic amines) is 1. The lowest BCUT2D eigenvalue weighted by molar-refractivity contribution is -0.137. The van der Waals surface area contributed by atoms with Gasteiger partial charge in [0.15, 0.2) is 5.69 Å². The Morgan fingerprint density at radius 1 is 1.31 bits per heavy atom. The number of nitrogens with one attached hydrogen (secondary N) is 1. The minimum Gasteiger partial charge on any atom is -0.378 e. The van der Waals surface area contributed by atoms with Crippen molar-refractivity contribution in [1.29, 1.82) is 0 Å². The maximum absolute atomic E-state index is 12.0. The predicted molar refractivity (Wildman–Crippen MR) is 141 cm³/mol. The molecule has 2 amide bonds. The second kappa shape index (κ2) is 14.2. The van der Waals surface area contributed by atoms with E-state index in [2.05, 4.69) is 22.1 Å². The van der Waals surface area contributed by atoms with Gasteiger partial charge in [0.1, 0.15) is 16.3 Å². The molecule has 0 radical (unpaired) electrons. The van der Waals surface area contributed by atoms with Gasteiger partial charge in [0, 0.05) is 44.1 Å². The van der Waals surface area contributed by atoms with Crippen molar-refractivity contribution in [1.82, 2.24) is 9.88 Å². The van der Waals surface area contributed by atoms with Gasteiger partial charge in [-0.15, -0.1) is 0 Å². The van der Waals surface area contributed by atoms with Crippen LogP contribution < -0.4 is 11.1 Å². The quantitative estimate of drug-likeness (QED) is 0.435. The van der Waals surface area contributed by atoms with Crippen LogP contribution in [-0.2, 0) is 9.59 Å². The summed E-state index contributed by atoms with van der Waals surface area (Å²) in [6, 6.07) is 7.22. The van der Waals surface area contributed by atoms with Crippen molar-refractivity contribution < 1.29 is 19.5 Å². The zero-order valence-corrected chi connectivity index (χ0v) is 22.2. The van der Waals surface area contributed by atoms with Crippen molar-refractivity contribution in [2.45, 2.75) is 52.6 Å². The predicted octanol–water partition coefficient (Wildman–Crippen LogP) is 3.54. The molecule has 1 saturated heterocycles. The summed E-state index contributed by atoms with van der Waals surface area (Å²) < 4.78 is 0. The molecule has 2 heterocycles. The van der Waals surface area contributed by atoms with E-state index in [1.54, 1.807) is 32.3 Å². The lowest BCUT2D eigenvalue weighted by atomic mass is 10.0. The number of aldehydes is 1. The standard InChI is InChI=1S/C18H18N4O3S.C4H6O.2C2H6/c1-20-16-13(14(19)23)21-15(26-16)12-5-3-4-11(10-12)6-7-18(25)8-9-22(2)17(18)24;5-3-4-1-2-4;2*1-2/h3-5,10,20,25H,8-9H2,1-2H3,(H2,19,23);3-4H,1-2H2;2*1-2H3. The molecule has 1 saturated carbocycles. The summed E-state index contributed by atoms with van der Waals surface area (Å²) in [7, 11) is 3.34. The Balaban J connectivity index is 0.000000584. The summed E-state index contributed by atoms with van der Waals surface area (Å²) in [5.41, 5.74) is 5.31. The molecule has 2 aromatic rings. The van der Waals surface area contributed by atoms with Gasteiger partial charge in [-0.3, -0.25) is 9.59 Å². The fourth-order valence-corrected chi connectivity index (χ4v) is 3.81. The Labute approximate surface area is 211 Å².